The van der Waals surface area contributed by atoms with Crippen molar-refractivity contribution in [1.29, 1.82) is 0 Å². The van der Waals surface area contributed by atoms with E-state index in [9.17, 15) is 23.3 Å². The molecule has 0 bridgehead atoms. The molecule has 0 aromatic heterocycles. The number of ether oxygens (including phenoxy) is 1. The standard InChI is InChI=1S/C18H19N3O6S/c1-11-14(4-3-5-16(11)21(23)24)18(22)19-15-10-13(8-9-17(15)27-2)28(25,26)20-12-6-7-12/h3-5,8-10,12,20H,6-7H2,1-2H3,(H,19,22). The number of anilines is 1. The van der Waals surface area contributed by atoms with Crippen molar-refractivity contribution in [1.82, 2.24) is 4.72 Å². The number of nitro benzene ring substituents is 1. The monoisotopic (exact) mass is 405 g/mol. The Bertz CT molecular complexity index is 1050. The number of methoxy groups -OCH3 is 1. The molecule has 0 heterocycles. The van der Waals surface area contributed by atoms with E-state index in [0.717, 1.165) is 12.8 Å². The number of sulfonamides is 1. The van der Waals surface area contributed by atoms with Gasteiger partial charge in [0.1, 0.15) is 5.75 Å². The average Bonchev–Trinajstić information content (AvgIpc) is 3.44. The first kappa shape index (κ1) is 19.8. The summed E-state index contributed by atoms with van der Waals surface area (Å²) in [4.78, 5) is 23.2. The van der Waals surface area contributed by atoms with Gasteiger partial charge in [0.25, 0.3) is 11.6 Å². The SMILES string of the molecule is COc1ccc(S(=O)(=O)NC2CC2)cc1NC(=O)c1cccc([N+](=O)[O-])c1C. The zero-order valence-corrected chi connectivity index (χ0v) is 16.1. The molecule has 1 fully saturated rings. The lowest BCUT2D eigenvalue weighted by molar-refractivity contribution is -0.385. The van der Waals surface area contributed by atoms with Gasteiger partial charge >= 0.3 is 0 Å². The molecule has 0 radical (unpaired) electrons. The number of hydrogen-bond donors (Lipinski definition) is 2. The van der Waals surface area contributed by atoms with E-state index in [0.29, 0.717) is 0 Å². The van der Waals surface area contributed by atoms with Gasteiger partial charge in [0.2, 0.25) is 10.0 Å². The Labute approximate surface area is 161 Å². The molecule has 3 rings (SSSR count). The molecule has 2 aromatic rings. The van der Waals surface area contributed by atoms with Crippen molar-refractivity contribution in [2.75, 3.05) is 12.4 Å². The van der Waals surface area contributed by atoms with Crippen molar-refractivity contribution in [2.45, 2.75) is 30.7 Å². The molecular formula is C18H19N3O6S. The van der Waals surface area contributed by atoms with Crippen LogP contribution in [0.2, 0.25) is 0 Å². The van der Waals surface area contributed by atoms with Gasteiger partial charge < -0.3 is 10.1 Å². The Morgan fingerprint density at radius 3 is 2.57 bits per heavy atom. The topological polar surface area (TPSA) is 128 Å². The van der Waals surface area contributed by atoms with Gasteiger partial charge in [-0.2, -0.15) is 0 Å². The van der Waals surface area contributed by atoms with Gasteiger partial charge in [-0.1, -0.05) is 6.07 Å². The van der Waals surface area contributed by atoms with Crippen LogP contribution >= 0.6 is 0 Å². The van der Waals surface area contributed by atoms with Crippen LogP contribution in [0, 0.1) is 17.0 Å². The number of benzene rings is 2. The molecule has 2 N–H and O–H groups in total. The summed E-state index contributed by atoms with van der Waals surface area (Å²) in [6.45, 7) is 1.48. The number of carbonyl (C=O) groups is 1. The number of amides is 1. The van der Waals surface area contributed by atoms with Crippen LogP contribution in [-0.2, 0) is 10.0 Å². The summed E-state index contributed by atoms with van der Waals surface area (Å²) in [6, 6.07) is 8.25. The average molecular weight is 405 g/mol. The van der Waals surface area contributed by atoms with Gasteiger partial charge in [-0.25, -0.2) is 13.1 Å². The summed E-state index contributed by atoms with van der Waals surface area (Å²) in [6.07, 6.45) is 1.59. The van der Waals surface area contributed by atoms with Crippen LogP contribution in [0.1, 0.15) is 28.8 Å². The maximum Gasteiger partial charge on any atom is 0.273 e. The van der Waals surface area contributed by atoms with Crippen LogP contribution in [-0.4, -0.2) is 32.4 Å². The fourth-order valence-electron chi connectivity index (χ4n) is 2.70. The van der Waals surface area contributed by atoms with Crippen molar-refractivity contribution >= 4 is 27.3 Å². The Balaban J connectivity index is 1.93. The molecule has 9 nitrogen and oxygen atoms in total. The van der Waals surface area contributed by atoms with E-state index >= 15 is 0 Å². The van der Waals surface area contributed by atoms with Crippen LogP contribution in [0.15, 0.2) is 41.3 Å². The van der Waals surface area contributed by atoms with Gasteiger partial charge in [-0.15, -0.1) is 0 Å². The van der Waals surface area contributed by atoms with E-state index in [-0.39, 0.29) is 39.2 Å². The van der Waals surface area contributed by atoms with E-state index in [4.69, 9.17) is 4.74 Å². The summed E-state index contributed by atoms with van der Waals surface area (Å²) in [7, 11) is -2.33. The second kappa shape index (κ2) is 7.56. The molecular weight excluding hydrogens is 386 g/mol. The highest BCUT2D eigenvalue weighted by atomic mass is 32.2. The molecule has 1 aliphatic carbocycles. The largest absolute Gasteiger partial charge is 0.495 e. The number of rotatable bonds is 7. The number of nitrogens with one attached hydrogen (secondary N) is 2. The van der Waals surface area contributed by atoms with Crippen LogP contribution in [0.3, 0.4) is 0 Å². The molecule has 1 amide bonds. The van der Waals surface area contributed by atoms with E-state index in [1.165, 1.54) is 50.4 Å². The first-order valence-electron chi connectivity index (χ1n) is 8.48. The first-order valence-corrected chi connectivity index (χ1v) is 9.97. The Hall–Kier alpha value is -2.98. The molecule has 1 aliphatic rings. The normalized spacial score (nSPS) is 13.8. The maximum atomic E-state index is 12.7. The summed E-state index contributed by atoms with van der Waals surface area (Å²) in [5, 5.41) is 13.7. The van der Waals surface area contributed by atoms with Crippen molar-refractivity contribution in [3.63, 3.8) is 0 Å². The summed E-state index contributed by atoms with van der Waals surface area (Å²) >= 11 is 0. The molecule has 0 aliphatic heterocycles. The minimum atomic E-state index is -3.72. The molecule has 28 heavy (non-hydrogen) atoms. The summed E-state index contributed by atoms with van der Waals surface area (Å²) in [5.41, 5.74) is 0.297. The third kappa shape index (κ3) is 4.12. The maximum absolute atomic E-state index is 12.7. The minimum Gasteiger partial charge on any atom is -0.495 e. The fraction of sp³-hybridized carbons (Fsp3) is 0.278. The van der Waals surface area contributed by atoms with E-state index in [2.05, 4.69) is 10.0 Å². The summed E-state index contributed by atoms with van der Waals surface area (Å²) < 4.78 is 32.6. The number of nitro groups is 1. The Kier molecular flexibility index (Phi) is 5.34. The predicted molar refractivity (Wildman–Crippen MR) is 102 cm³/mol. The van der Waals surface area contributed by atoms with Gasteiger partial charge in [0, 0.05) is 23.2 Å². The van der Waals surface area contributed by atoms with E-state index < -0.39 is 20.9 Å². The second-order valence-corrected chi connectivity index (χ2v) is 8.13. The number of carbonyl (C=O) groups excluding carboxylic acids is 1. The highest BCUT2D eigenvalue weighted by Gasteiger charge is 2.28. The Morgan fingerprint density at radius 2 is 1.96 bits per heavy atom. The highest BCUT2D eigenvalue weighted by molar-refractivity contribution is 7.89. The van der Waals surface area contributed by atoms with E-state index in [1.807, 2.05) is 0 Å². The lowest BCUT2D eigenvalue weighted by Crippen LogP contribution is -2.26. The van der Waals surface area contributed by atoms with Crippen molar-refractivity contribution in [2.24, 2.45) is 0 Å². The second-order valence-electron chi connectivity index (χ2n) is 6.42. The lowest BCUT2D eigenvalue weighted by Gasteiger charge is -2.13. The van der Waals surface area contributed by atoms with Gasteiger partial charge in [0.05, 0.1) is 22.6 Å². The molecule has 0 atom stereocenters. The molecule has 1 saturated carbocycles. The molecule has 148 valence electrons. The third-order valence-electron chi connectivity index (χ3n) is 4.38. The molecule has 0 spiro atoms. The lowest BCUT2D eigenvalue weighted by atomic mass is 10.1. The van der Waals surface area contributed by atoms with Crippen LogP contribution < -0.4 is 14.8 Å². The fourth-order valence-corrected chi connectivity index (χ4v) is 4.03. The smallest absolute Gasteiger partial charge is 0.273 e. The van der Waals surface area contributed by atoms with Crippen LogP contribution in [0.25, 0.3) is 0 Å². The zero-order chi connectivity index (χ0) is 20.5. The predicted octanol–water partition coefficient (Wildman–Crippen LogP) is 2.60. The van der Waals surface area contributed by atoms with E-state index in [1.54, 1.807) is 0 Å². The van der Waals surface area contributed by atoms with Crippen LogP contribution in [0.4, 0.5) is 11.4 Å². The van der Waals surface area contributed by atoms with Crippen molar-refractivity contribution < 1.29 is 22.9 Å². The third-order valence-corrected chi connectivity index (χ3v) is 5.89. The molecule has 0 unspecified atom stereocenters. The van der Waals surface area contributed by atoms with Gasteiger partial charge in [0.15, 0.2) is 0 Å². The quantitative estimate of drug-likeness (QED) is 0.538. The van der Waals surface area contributed by atoms with Gasteiger partial charge in [-0.3, -0.25) is 14.9 Å². The first-order chi connectivity index (χ1) is 13.2. The number of nitrogens with zero attached hydrogens (tertiary/aromatic N) is 1. The summed E-state index contributed by atoms with van der Waals surface area (Å²) in [5.74, 6) is -0.342. The Morgan fingerprint density at radius 1 is 1.25 bits per heavy atom. The minimum absolute atomic E-state index is 0.00809. The zero-order valence-electron chi connectivity index (χ0n) is 15.3. The number of hydrogen-bond acceptors (Lipinski definition) is 6. The van der Waals surface area contributed by atoms with Crippen LogP contribution in [0.5, 0.6) is 5.75 Å². The van der Waals surface area contributed by atoms with Gasteiger partial charge in [-0.05, 0) is 44.0 Å². The molecule has 0 saturated heterocycles. The van der Waals surface area contributed by atoms with Crippen molar-refractivity contribution in [3.05, 3.63) is 57.6 Å². The highest BCUT2D eigenvalue weighted by Crippen LogP contribution is 2.30. The molecule has 2 aromatic carbocycles. The molecule has 10 heteroatoms. The van der Waals surface area contributed by atoms with Crippen molar-refractivity contribution in [3.8, 4) is 5.75 Å².